The molecule has 0 fully saturated rings. The van der Waals surface area contributed by atoms with Crippen molar-refractivity contribution >= 4 is 28.5 Å². The summed E-state index contributed by atoms with van der Waals surface area (Å²) in [6.45, 7) is 3.40. The number of carboxylic acids is 1. The minimum Gasteiger partial charge on any atom is -0.497 e. The van der Waals surface area contributed by atoms with E-state index in [0.717, 1.165) is 33.5 Å². The van der Waals surface area contributed by atoms with Gasteiger partial charge in [0.1, 0.15) is 5.75 Å². The van der Waals surface area contributed by atoms with Gasteiger partial charge in [0.05, 0.1) is 23.1 Å². The summed E-state index contributed by atoms with van der Waals surface area (Å²) in [5.41, 5.74) is 2.54. The van der Waals surface area contributed by atoms with Gasteiger partial charge in [0.15, 0.2) is 0 Å². The number of benzene rings is 2. The van der Waals surface area contributed by atoms with E-state index in [9.17, 15) is 9.90 Å². The summed E-state index contributed by atoms with van der Waals surface area (Å²) in [7, 11) is 1.63. The van der Waals surface area contributed by atoms with Crippen LogP contribution in [0, 0.1) is 5.41 Å². The third kappa shape index (κ3) is 3.51. The number of rotatable bonds is 5. The zero-order valence-electron chi connectivity index (χ0n) is 14.9. The SMILES string of the molecule is COc1ccc(-c2ccc(Cl)c3ccc(CC(C)(C)C(=O)O)nc23)cc1. The first kappa shape index (κ1) is 18.2. The first-order chi connectivity index (χ1) is 12.3. The average Bonchev–Trinajstić information content (AvgIpc) is 2.62. The van der Waals surface area contributed by atoms with Crippen molar-refractivity contribution in [2.45, 2.75) is 20.3 Å². The van der Waals surface area contributed by atoms with Crippen molar-refractivity contribution in [1.82, 2.24) is 4.98 Å². The van der Waals surface area contributed by atoms with Crippen LogP contribution in [0.15, 0.2) is 48.5 Å². The quantitative estimate of drug-likeness (QED) is 0.670. The van der Waals surface area contributed by atoms with Gasteiger partial charge in [-0.1, -0.05) is 29.8 Å². The Labute approximate surface area is 157 Å². The number of fused-ring (bicyclic) bond motifs is 1. The van der Waals surface area contributed by atoms with E-state index in [4.69, 9.17) is 21.3 Å². The molecule has 3 rings (SSSR count). The molecule has 0 atom stereocenters. The highest BCUT2D eigenvalue weighted by Gasteiger charge is 2.28. The Morgan fingerprint density at radius 2 is 1.81 bits per heavy atom. The lowest BCUT2D eigenvalue weighted by Gasteiger charge is -2.19. The number of nitrogens with zero attached hydrogens (tertiary/aromatic N) is 1. The number of carbonyl (C=O) groups is 1. The third-order valence-electron chi connectivity index (χ3n) is 4.46. The zero-order valence-corrected chi connectivity index (χ0v) is 15.7. The van der Waals surface area contributed by atoms with Gasteiger partial charge in [0.25, 0.3) is 0 Å². The van der Waals surface area contributed by atoms with Gasteiger partial charge >= 0.3 is 5.97 Å². The lowest BCUT2D eigenvalue weighted by Crippen LogP contribution is -2.26. The summed E-state index contributed by atoms with van der Waals surface area (Å²) in [6, 6.07) is 15.3. The number of hydrogen-bond donors (Lipinski definition) is 1. The van der Waals surface area contributed by atoms with Gasteiger partial charge in [-0.05, 0) is 49.7 Å². The van der Waals surface area contributed by atoms with Crippen LogP contribution in [0.25, 0.3) is 22.0 Å². The van der Waals surface area contributed by atoms with Crippen LogP contribution in [0.1, 0.15) is 19.5 Å². The Hall–Kier alpha value is -2.59. The van der Waals surface area contributed by atoms with Crippen LogP contribution in [0.2, 0.25) is 5.02 Å². The third-order valence-corrected chi connectivity index (χ3v) is 4.79. The van der Waals surface area contributed by atoms with Crippen LogP contribution in [0.3, 0.4) is 0 Å². The molecule has 0 unspecified atom stereocenters. The number of aliphatic carboxylic acids is 1. The molecule has 26 heavy (non-hydrogen) atoms. The number of halogens is 1. The molecule has 0 aliphatic rings. The highest BCUT2D eigenvalue weighted by molar-refractivity contribution is 6.35. The average molecular weight is 370 g/mol. The van der Waals surface area contributed by atoms with Crippen molar-refractivity contribution in [2.24, 2.45) is 5.41 Å². The molecule has 0 aliphatic carbocycles. The van der Waals surface area contributed by atoms with E-state index < -0.39 is 11.4 Å². The lowest BCUT2D eigenvalue weighted by molar-refractivity contribution is -0.146. The van der Waals surface area contributed by atoms with E-state index in [1.807, 2.05) is 48.5 Å². The second-order valence-electron chi connectivity index (χ2n) is 6.89. The highest BCUT2D eigenvalue weighted by atomic mass is 35.5. The predicted molar refractivity (Wildman–Crippen MR) is 104 cm³/mol. The molecule has 3 aromatic rings. The van der Waals surface area contributed by atoms with E-state index in [1.54, 1.807) is 21.0 Å². The maximum atomic E-state index is 11.4. The van der Waals surface area contributed by atoms with Gasteiger partial charge in [-0.2, -0.15) is 0 Å². The number of pyridine rings is 1. The Morgan fingerprint density at radius 1 is 1.12 bits per heavy atom. The molecule has 1 N–H and O–H groups in total. The summed E-state index contributed by atoms with van der Waals surface area (Å²) < 4.78 is 5.22. The largest absolute Gasteiger partial charge is 0.497 e. The second-order valence-corrected chi connectivity index (χ2v) is 7.30. The lowest BCUT2D eigenvalue weighted by atomic mass is 9.87. The highest BCUT2D eigenvalue weighted by Crippen LogP contribution is 2.33. The van der Waals surface area contributed by atoms with Crippen molar-refractivity contribution in [3.8, 4) is 16.9 Å². The Bertz CT molecular complexity index is 965. The van der Waals surface area contributed by atoms with E-state index in [0.29, 0.717) is 11.4 Å². The molecule has 0 aliphatic heterocycles. The molecule has 0 spiro atoms. The van der Waals surface area contributed by atoms with Crippen LogP contribution >= 0.6 is 11.6 Å². The fourth-order valence-corrected chi connectivity index (χ4v) is 3.07. The number of aromatic nitrogens is 1. The maximum Gasteiger partial charge on any atom is 0.309 e. The molecular weight excluding hydrogens is 350 g/mol. The molecule has 0 bridgehead atoms. The minimum absolute atomic E-state index is 0.340. The molecule has 0 amide bonds. The Balaban J connectivity index is 2.12. The number of carboxylic acid groups (broad SMARTS) is 1. The van der Waals surface area contributed by atoms with Gasteiger partial charge in [-0.15, -0.1) is 0 Å². The van der Waals surface area contributed by atoms with Crippen molar-refractivity contribution in [2.75, 3.05) is 7.11 Å². The normalized spacial score (nSPS) is 11.5. The van der Waals surface area contributed by atoms with Crippen molar-refractivity contribution < 1.29 is 14.6 Å². The second kappa shape index (κ2) is 6.96. The summed E-state index contributed by atoms with van der Waals surface area (Å²) in [4.78, 5) is 16.2. The topological polar surface area (TPSA) is 59.4 Å². The van der Waals surface area contributed by atoms with Crippen molar-refractivity contribution in [3.05, 3.63) is 59.2 Å². The van der Waals surface area contributed by atoms with Crippen LogP contribution < -0.4 is 4.74 Å². The van der Waals surface area contributed by atoms with Gasteiger partial charge in [0.2, 0.25) is 0 Å². The van der Waals surface area contributed by atoms with E-state index in [2.05, 4.69) is 0 Å². The summed E-state index contributed by atoms with van der Waals surface area (Å²) in [6.07, 6.45) is 0.340. The van der Waals surface area contributed by atoms with E-state index >= 15 is 0 Å². The molecule has 1 heterocycles. The summed E-state index contributed by atoms with van der Waals surface area (Å²) >= 11 is 6.35. The van der Waals surface area contributed by atoms with Gasteiger partial charge in [0, 0.05) is 23.1 Å². The minimum atomic E-state index is -0.889. The molecule has 1 aromatic heterocycles. The van der Waals surface area contributed by atoms with Gasteiger partial charge < -0.3 is 9.84 Å². The van der Waals surface area contributed by atoms with E-state index in [1.165, 1.54) is 0 Å². The molecule has 2 aromatic carbocycles. The molecule has 4 nitrogen and oxygen atoms in total. The molecule has 5 heteroatoms. The fourth-order valence-electron chi connectivity index (χ4n) is 2.85. The van der Waals surface area contributed by atoms with Crippen LogP contribution in [-0.4, -0.2) is 23.2 Å². The van der Waals surface area contributed by atoms with Gasteiger partial charge in [-0.3, -0.25) is 9.78 Å². The maximum absolute atomic E-state index is 11.4. The molecular formula is C21H20ClNO3. The first-order valence-corrected chi connectivity index (χ1v) is 8.65. The van der Waals surface area contributed by atoms with Gasteiger partial charge in [-0.25, -0.2) is 0 Å². The monoisotopic (exact) mass is 369 g/mol. The Morgan fingerprint density at radius 3 is 2.42 bits per heavy atom. The summed E-state index contributed by atoms with van der Waals surface area (Å²) in [5.74, 6) is -0.0651. The number of hydrogen-bond acceptors (Lipinski definition) is 3. The number of ether oxygens (including phenoxy) is 1. The van der Waals surface area contributed by atoms with Crippen molar-refractivity contribution in [3.63, 3.8) is 0 Å². The fraction of sp³-hybridized carbons (Fsp3) is 0.238. The Kier molecular flexibility index (Phi) is 4.88. The molecule has 0 saturated carbocycles. The van der Waals surface area contributed by atoms with Crippen LogP contribution in [0.4, 0.5) is 0 Å². The summed E-state index contributed by atoms with van der Waals surface area (Å²) in [5, 5.41) is 10.8. The predicted octanol–water partition coefficient (Wildman–Crippen LogP) is 5.22. The van der Waals surface area contributed by atoms with E-state index in [-0.39, 0.29) is 0 Å². The molecule has 0 saturated heterocycles. The van der Waals surface area contributed by atoms with Crippen molar-refractivity contribution in [1.29, 1.82) is 0 Å². The molecule has 134 valence electrons. The molecule has 0 radical (unpaired) electrons. The smallest absolute Gasteiger partial charge is 0.309 e. The zero-order chi connectivity index (χ0) is 18.9. The van der Waals surface area contributed by atoms with Crippen LogP contribution in [0.5, 0.6) is 5.75 Å². The van der Waals surface area contributed by atoms with Crippen LogP contribution in [-0.2, 0) is 11.2 Å². The standard InChI is InChI=1S/C21H20ClNO3/c1-21(2,20(24)25)12-14-6-9-17-18(22)11-10-16(19(17)23-14)13-4-7-15(26-3)8-5-13/h4-11H,12H2,1-3H3,(H,24,25). The first-order valence-electron chi connectivity index (χ1n) is 8.28. The number of methoxy groups -OCH3 is 1.